The lowest BCUT2D eigenvalue weighted by Gasteiger charge is -2.10. The van der Waals surface area contributed by atoms with Crippen molar-refractivity contribution in [2.45, 2.75) is 13.8 Å². The summed E-state index contributed by atoms with van der Waals surface area (Å²) in [7, 11) is 0. The van der Waals surface area contributed by atoms with Crippen LogP contribution < -0.4 is 10.6 Å². The first-order valence-corrected chi connectivity index (χ1v) is 7.30. The number of hydrogen-bond donors (Lipinski definition) is 2. The van der Waals surface area contributed by atoms with Crippen molar-refractivity contribution in [1.82, 2.24) is 0 Å². The second kappa shape index (κ2) is 7.62. The summed E-state index contributed by atoms with van der Waals surface area (Å²) in [4.78, 5) is 12.3. The fraction of sp³-hybridized carbons (Fsp3) is 0.105. The van der Waals surface area contributed by atoms with Crippen LogP contribution in [0.5, 0.6) is 0 Å². The number of hydrogen-bond acceptors (Lipinski definition) is 4. The fourth-order valence-corrected chi connectivity index (χ4v) is 2.21. The molecule has 0 aliphatic heterocycles. The second-order valence-electron chi connectivity index (χ2n) is 5.19. The number of amides is 1. The molecule has 2 aromatic rings. The molecule has 5 nitrogen and oxygen atoms in total. The molecule has 0 fully saturated rings. The van der Waals surface area contributed by atoms with Gasteiger partial charge in [-0.15, -0.1) is 0 Å². The Hall–Kier alpha value is -3.57. The van der Waals surface area contributed by atoms with Crippen LogP contribution in [0.2, 0.25) is 0 Å². The molecular formula is C19H16N4O. The molecule has 5 heteroatoms. The van der Waals surface area contributed by atoms with E-state index in [2.05, 4.69) is 10.6 Å². The van der Waals surface area contributed by atoms with Crippen molar-refractivity contribution < 1.29 is 4.79 Å². The Labute approximate surface area is 140 Å². The van der Waals surface area contributed by atoms with Gasteiger partial charge in [-0.1, -0.05) is 30.3 Å². The summed E-state index contributed by atoms with van der Waals surface area (Å²) < 4.78 is 0. The van der Waals surface area contributed by atoms with E-state index < -0.39 is 5.91 Å². The van der Waals surface area contributed by atoms with E-state index in [0.717, 1.165) is 16.8 Å². The molecule has 0 heterocycles. The number of nitriles is 2. The maximum Gasteiger partial charge on any atom is 0.267 e. The van der Waals surface area contributed by atoms with Gasteiger partial charge in [0.2, 0.25) is 0 Å². The van der Waals surface area contributed by atoms with E-state index in [-0.39, 0.29) is 5.57 Å². The number of aryl methyl sites for hydroxylation is 2. The normalized spacial score (nSPS) is 10.4. The number of carbonyl (C=O) groups is 1. The van der Waals surface area contributed by atoms with Gasteiger partial charge in [-0.2, -0.15) is 10.5 Å². The molecular weight excluding hydrogens is 300 g/mol. The van der Waals surface area contributed by atoms with Gasteiger partial charge in [-0.3, -0.25) is 4.79 Å². The van der Waals surface area contributed by atoms with Crippen molar-refractivity contribution in [3.8, 4) is 12.1 Å². The highest BCUT2D eigenvalue weighted by Gasteiger charge is 2.12. The predicted molar refractivity (Wildman–Crippen MR) is 93.0 cm³/mol. The quantitative estimate of drug-likeness (QED) is 0.666. The minimum absolute atomic E-state index is 0.0783. The average molecular weight is 316 g/mol. The Bertz CT molecular complexity index is 865. The zero-order valence-corrected chi connectivity index (χ0v) is 13.4. The Kier molecular flexibility index (Phi) is 5.33. The first-order valence-electron chi connectivity index (χ1n) is 7.30. The number of benzene rings is 2. The minimum atomic E-state index is -0.570. The van der Waals surface area contributed by atoms with Gasteiger partial charge in [-0.05, 0) is 37.1 Å². The molecule has 0 aliphatic rings. The lowest BCUT2D eigenvalue weighted by molar-refractivity contribution is -0.112. The van der Waals surface area contributed by atoms with Crippen molar-refractivity contribution in [2.75, 3.05) is 10.6 Å². The van der Waals surface area contributed by atoms with Gasteiger partial charge >= 0.3 is 0 Å². The van der Waals surface area contributed by atoms with Crippen molar-refractivity contribution >= 4 is 17.3 Å². The Morgan fingerprint density at radius 3 is 2.33 bits per heavy atom. The van der Waals surface area contributed by atoms with E-state index in [1.54, 1.807) is 24.3 Å². The number of rotatable bonds is 4. The minimum Gasteiger partial charge on any atom is -0.360 e. The van der Waals surface area contributed by atoms with Crippen molar-refractivity contribution in [1.29, 1.82) is 10.5 Å². The summed E-state index contributed by atoms with van der Waals surface area (Å²) in [6.45, 7) is 3.89. The molecule has 0 aliphatic carbocycles. The molecule has 118 valence electrons. The Balaban J connectivity index is 2.21. The lowest BCUT2D eigenvalue weighted by Crippen LogP contribution is -2.15. The second-order valence-corrected chi connectivity index (χ2v) is 5.19. The largest absolute Gasteiger partial charge is 0.360 e. The maximum absolute atomic E-state index is 12.3. The van der Waals surface area contributed by atoms with Crippen molar-refractivity contribution in [3.05, 3.63) is 70.9 Å². The summed E-state index contributed by atoms with van der Waals surface area (Å²) in [5.41, 5.74) is 3.52. The summed E-state index contributed by atoms with van der Waals surface area (Å²) in [5.74, 6) is -0.570. The highest BCUT2D eigenvalue weighted by Crippen LogP contribution is 2.20. The van der Waals surface area contributed by atoms with E-state index >= 15 is 0 Å². The third kappa shape index (κ3) is 3.79. The topological polar surface area (TPSA) is 88.7 Å². The van der Waals surface area contributed by atoms with Crippen LogP contribution in [-0.2, 0) is 4.79 Å². The molecule has 0 unspecified atom stereocenters. The van der Waals surface area contributed by atoms with E-state index in [0.29, 0.717) is 11.3 Å². The first kappa shape index (κ1) is 16.8. The fourth-order valence-electron chi connectivity index (χ4n) is 2.21. The molecule has 0 saturated carbocycles. The van der Waals surface area contributed by atoms with E-state index in [1.807, 2.05) is 44.2 Å². The number of nitrogens with one attached hydrogen (secondary N) is 2. The molecule has 24 heavy (non-hydrogen) atoms. The molecule has 0 atom stereocenters. The number of anilines is 2. The van der Waals surface area contributed by atoms with Gasteiger partial charge in [0.25, 0.3) is 5.91 Å². The third-order valence-electron chi connectivity index (χ3n) is 3.50. The maximum atomic E-state index is 12.3. The van der Waals surface area contributed by atoms with Crippen LogP contribution in [-0.4, -0.2) is 5.91 Å². The highest BCUT2D eigenvalue weighted by atomic mass is 16.1. The molecule has 0 radical (unpaired) electrons. The van der Waals surface area contributed by atoms with Gasteiger partial charge in [-0.25, -0.2) is 0 Å². The molecule has 0 bridgehead atoms. The van der Waals surface area contributed by atoms with Crippen LogP contribution in [0.1, 0.15) is 16.7 Å². The van der Waals surface area contributed by atoms with Crippen LogP contribution in [0.4, 0.5) is 11.4 Å². The van der Waals surface area contributed by atoms with Crippen LogP contribution in [0, 0.1) is 36.5 Å². The molecule has 2 N–H and O–H groups in total. The van der Waals surface area contributed by atoms with E-state index in [1.165, 1.54) is 6.20 Å². The zero-order valence-electron chi connectivity index (χ0n) is 13.4. The molecule has 0 aromatic heterocycles. The summed E-state index contributed by atoms with van der Waals surface area (Å²) >= 11 is 0. The van der Waals surface area contributed by atoms with Gasteiger partial charge in [0.15, 0.2) is 0 Å². The summed E-state index contributed by atoms with van der Waals surface area (Å²) in [6, 6.07) is 16.3. The number of carbonyl (C=O) groups excluding carboxylic acids is 1. The molecule has 2 aromatic carbocycles. The lowest BCUT2D eigenvalue weighted by atomic mass is 10.1. The van der Waals surface area contributed by atoms with Crippen LogP contribution in [0.3, 0.4) is 0 Å². The molecule has 0 saturated heterocycles. The first-order chi connectivity index (χ1) is 11.6. The summed E-state index contributed by atoms with van der Waals surface area (Å²) in [6.07, 6.45) is 1.37. The van der Waals surface area contributed by atoms with Crippen molar-refractivity contribution in [2.24, 2.45) is 0 Å². The smallest absolute Gasteiger partial charge is 0.267 e. The Morgan fingerprint density at radius 1 is 1.04 bits per heavy atom. The average Bonchev–Trinajstić information content (AvgIpc) is 2.58. The van der Waals surface area contributed by atoms with E-state index in [9.17, 15) is 10.1 Å². The highest BCUT2D eigenvalue weighted by molar-refractivity contribution is 6.07. The molecule has 1 amide bonds. The third-order valence-corrected chi connectivity index (χ3v) is 3.50. The monoisotopic (exact) mass is 316 g/mol. The predicted octanol–water partition coefficient (Wildman–Crippen LogP) is 3.63. The van der Waals surface area contributed by atoms with Crippen LogP contribution in [0.25, 0.3) is 0 Å². The zero-order chi connectivity index (χ0) is 17.5. The van der Waals surface area contributed by atoms with Gasteiger partial charge in [0.05, 0.1) is 11.3 Å². The summed E-state index contributed by atoms with van der Waals surface area (Å²) in [5, 5.41) is 23.9. The van der Waals surface area contributed by atoms with Crippen LogP contribution in [0.15, 0.2) is 54.2 Å². The van der Waals surface area contributed by atoms with Gasteiger partial charge in [0, 0.05) is 11.9 Å². The number of para-hydroxylation sites is 2. The molecule has 0 spiro atoms. The van der Waals surface area contributed by atoms with Gasteiger partial charge in [0.1, 0.15) is 17.7 Å². The van der Waals surface area contributed by atoms with E-state index in [4.69, 9.17) is 5.26 Å². The number of nitrogens with zero attached hydrogens (tertiary/aromatic N) is 2. The van der Waals surface area contributed by atoms with Gasteiger partial charge < -0.3 is 10.6 Å². The SMILES string of the molecule is Cc1cccc(C)c1N/C=C(/C#N)C(=O)Nc1ccccc1C#N. The van der Waals surface area contributed by atoms with Crippen LogP contribution >= 0.6 is 0 Å². The molecule has 2 rings (SSSR count). The van der Waals surface area contributed by atoms with Crippen molar-refractivity contribution in [3.63, 3.8) is 0 Å². The Morgan fingerprint density at radius 2 is 1.71 bits per heavy atom. The standard InChI is InChI=1S/C19H16N4O/c1-13-6-5-7-14(2)18(13)22-12-16(11-21)19(24)23-17-9-4-3-8-15(17)10-20/h3-9,12,22H,1-2H3,(H,23,24)/b16-12-.